The summed E-state index contributed by atoms with van der Waals surface area (Å²) in [5, 5.41) is 6.22. The number of urea groups is 1. The van der Waals surface area contributed by atoms with Crippen LogP contribution in [0.2, 0.25) is 5.02 Å². The molecule has 2 aromatic carbocycles. The van der Waals surface area contributed by atoms with Crippen LogP contribution in [-0.2, 0) is 17.9 Å². The molecule has 0 saturated heterocycles. The van der Waals surface area contributed by atoms with Crippen molar-refractivity contribution < 1.29 is 9.59 Å². The molecule has 3 amide bonds. The molecule has 24 heavy (non-hydrogen) atoms. The number of rotatable bonds is 5. The van der Waals surface area contributed by atoms with Crippen LogP contribution in [0.1, 0.15) is 18.1 Å². The third-order valence-electron chi connectivity index (χ3n) is 3.54. The monoisotopic (exact) mass is 345 g/mol. The van der Waals surface area contributed by atoms with Crippen molar-refractivity contribution in [2.24, 2.45) is 0 Å². The number of nitrogens with zero attached hydrogens (tertiary/aromatic N) is 1. The standard InChI is InChI=1S/C18H20ClN3O2/c1-13(23)22(2)12-15-5-9-17(10-6-15)21-18(24)20-11-14-3-7-16(19)8-4-14/h3-10H,11-12H2,1-2H3,(H2,20,21,24). The van der Waals surface area contributed by atoms with Crippen molar-refractivity contribution in [1.29, 1.82) is 0 Å². The molecule has 2 aromatic rings. The highest BCUT2D eigenvalue weighted by molar-refractivity contribution is 6.30. The predicted octanol–water partition coefficient (Wildman–Crippen LogP) is 3.64. The molecule has 0 saturated carbocycles. The fraction of sp³-hybridized carbons (Fsp3) is 0.222. The van der Waals surface area contributed by atoms with E-state index in [1.807, 2.05) is 36.4 Å². The van der Waals surface area contributed by atoms with Crippen molar-refractivity contribution in [3.05, 3.63) is 64.7 Å². The second-order valence-corrected chi connectivity index (χ2v) is 5.94. The van der Waals surface area contributed by atoms with E-state index in [2.05, 4.69) is 10.6 Å². The van der Waals surface area contributed by atoms with E-state index in [9.17, 15) is 9.59 Å². The first-order chi connectivity index (χ1) is 11.4. The Balaban J connectivity index is 1.83. The highest BCUT2D eigenvalue weighted by Crippen LogP contribution is 2.12. The lowest BCUT2D eigenvalue weighted by Crippen LogP contribution is -2.28. The zero-order valence-electron chi connectivity index (χ0n) is 13.7. The van der Waals surface area contributed by atoms with E-state index >= 15 is 0 Å². The molecule has 0 aromatic heterocycles. The normalized spacial score (nSPS) is 10.1. The Morgan fingerprint density at radius 1 is 1.00 bits per heavy atom. The molecule has 0 radical (unpaired) electrons. The van der Waals surface area contributed by atoms with Crippen molar-refractivity contribution in [3.63, 3.8) is 0 Å². The summed E-state index contributed by atoms with van der Waals surface area (Å²) in [4.78, 5) is 24.8. The number of hydrogen-bond acceptors (Lipinski definition) is 2. The van der Waals surface area contributed by atoms with Crippen molar-refractivity contribution in [1.82, 2.24) is 10.2 Å². The Hall–Kier alpha value is -2.53. The van der Waals surface area contributed by atoms with E-state index in [0.717, 1.165) is 11.1 Å². The second-order valence-electron chi connectivity index (χ2n) is 5.51. The van der Waals surface area contributed by atoms with Crippen LogP contribution >= 0.6 is 11.6 Å². The van der Waals surface area contributed by atoms with Gasteiger partial charge in [-0.1, -0.05) is 35.9 Å². The zero-order valence-corrected chi connectivity index (χ0v) is 14.4. The van der Waals surface area contributed by atoms with Gasteiger partial charge in [0.15, 0.2) is 0 Å². The number of hydrogen-bond donors (Lipinski definition) is 2. The molecule has 5 nitrogen and oxygen atoms in total. The molecule has 0 aliphatic rings. The summed E-state index contributed by atoms with van der Waals surface area (Å²) in [6.07, 6.45) is 0. The number of benzene rings is 2. The van der Waals surface area contributed by atoms with Crippen molar-refractivity contribution >= 4 is 29.2 Å². The summed E-state index contributed by atoms with van der Waals surface area (Å²) in [6.45, 7) is 2.49. The first-order valence-corrected chi connectivity index (χ1v) is 7.92. The van der Waals surface area contributed by atoms with Crippen molar-refractivity contribution in [3.8, 4) is 0 Å². The molecular formula is C18H20ClN3O2. The fourth-order valence-electron chi connectivity index (χ4n) is 2.04. The highest BCUT2D eigenvalue weighted by atomic mass is 35.5. The van der Waals surface area contributed by atoms with Gasteiger partial charge < -0.3 is 15.5 Å². The van der Waals surface area contributed by atoms with Crippen molar-refractivity contribution in [2.75, 3.05) is 12.4 Å². The molecule has 0 aliphatic heterocycles. The minimum Gasteiger partial charge on any atom is -0.342 e. The minimum absolute atomic E-state index is 0.0128. The summed E-state index contributed by atoms with van der Waals surface area (Å²) >= 11 is 5.82. The number of carbonyl (C=O) groups excluding carboxylic acids is 2. The topological polar surface area (TPSA) is 61.4 Å². The molecule has 0 unspecified atom stereocenters. The molecule has 2 rings (SSSR count). The Bertz CT molecular complexity index is 699. The highest BCUT2D eigenvalue weighted by Gasteiger charge is 2.05. The lowest BCUT2D eigenvalue weighted by Gasteiger charge is -2.15. The van der Waals surface area contributed by atoms with Crippen LogP contribution in [-0.4, -0.2) is 23.9 Å². The van der Waals surface area contributed by atoms with Crippen LogP contribution in [0.5, 0.6) is 0 Å². The SMILES string of the molecule is CC(=O)N(C)Cc1ccc(NC(=O)NCc2ccc(Cl)cc2)cc1. The van der Waals surface area contributed by atoms with Crippen molar-refractivity contribution in [2.45, 2.75) is 20.0 Å². The average molecular weight is 346 g/mol. The molecular weight excluding hydrogens is 326 g/mol. The Morgan fingerprint density at radius 3 is 2.17 bits per heavy atom. The fourth-order valence-corrected chi connectivity index (χ4v) is 2.16. The maximum Gasteiger partial charge on any atom is 0.319 e. The minimum atomic E-state index is -0.279. The van der Waals surface area contributed by atoms with Gasteiger partial charge in [-0.2, -0.15) is 0 Å². The van der Waals surface area contributed by atoms with Gasteiger partial charge in [0.2, 0.25) is 5.91 Å². The van der Waals surface area contributed by atoms with E-state index in [1.165, 1.54) is 6.92 Å². The number of carbonyl (C=O) groups is 2. The molecule has 0 aliphatic carbocycles. The quantitative estimate of drug-likeness (QED) is 0.869. The maximum atomic E-state index is 11.9. The molecule has 0 atom stereocenters. The molecule has 2 N–H and O–H groups in total. The molecule has 0 spiro atoms. The van der Waals surface area contributed by atoms with E-state index in [4.69, 9.17) is 11.6 Å². The van der Waals surface area contributed by atoms with Crippen LogP contribution in [0, 0.1) is 0 Å². The van der Waals surface area contributed by atoms with Gasteiger partial charge in [0, 0.05) is 37.8 Å². The summed E-state index contributed by atoms with van der Waals surface area (Å²) in [7, 11) is 1.75. The van der Waals surface area contributed by atoms with Gasteiger partial charge in [-0.25, -0.2) is 4.79 Å². The van der Waals surface area contributed by atoms with Gasteiger partial charge in [0.05, 0.1) is 0 Å². The molecule has 6 heteroatoms. The first kappa shape index (κ1) is 17.8. The van der Waals surface area contributed by atoms with Crippen LogP contribution in [0.3, 0.4) is 0 Å². The lowest BCUT2D eigenvalue weighted by molar-refractivity contribution is -0.128. The van der Waals surface area contributed by atoms with Gasteiger partial charge in [-0.3, -0.25) is 4.79 Å². The lowest BCUT2D eigenvalue weighted by atomic mass is 10.2. The summed E-state index contributed by atoms with van der Waals surface area (Å²) in [5.41, 5.74) is 2.66. The predicted molar refractivity (Wildman–Crippen MR) is 95.9 cm³/mol. The Kier molecular flexibility index (Phi) is 6.21. The maximum absolute atomic E-state index is 11.9. The molecule has 0 bridgehead atoms. The summed E-state index contributed by atoms with van der Waals surface area (Å²) < 4.78 is 0. The van der Waals surface area contributed by atoms with Crippen LogP contribution in [0.15, 0.2) is 48.5 Å². The van der Waals surface area contributed by atoms with Gasteiger partial charge in [-0.05, 0) is 35.4 Å². The zero-order chi connectivity index (χ0) is 17.5. The first-order valence-electron chi connectivity index (χ1n) is 7.54. The van der Waals surface area contributed by atoms with E-state index in [0.29, 0.717) is 23.8 Å². The Labute approximate surface area is 146 Å². The second kappa shape index (κ2) is 8.36. The number of halogens is 1. The molecule has 0 heterocycles. The third kappa shape index (κ3) is 5.59. The molecule has 0 fully saturated rings. The van der Waals surface area contributed by atoms with Crippen LogP contribution in [0.4, 0.5) is 10.5 Å². The van der Waals surface area contributed by atoms with Gasteiger partial charge >= 0.3 is 6.03 Å². The number of anilines is 1. The van der Waals surface area contributed by atoms with Crippen LogP contribution < -0.4 is 10.6 Å². The third-order valence-corrected chi connectivity index (χ3v) is 3.79. The summed E-state index contributed by atoms with van der Waals surface area (Å²) in [6, 6.07) is 14.4. The van der Waals surface area contributed by atoms with Gasteiger partial charge in [-0.15, -0.1) is 0 Å². The van der Waals surface area contributed by atoms with Crippen LogP contribution in [0.25, 0.3) is 0 Å². The van der Waals surface area contributed by atoms with E-state index in [-0.39, 0.29) is 11.9 Å². The van der Waals surface area contributed by atoms with Gasteiger partial charge in [0.1, 0.15) is 0 Å². The van der Waals surface area contributed by atoms with E-state index < -0.39 is 0 Å². The number of nitrogens with one attached hydrogen (secondary N) is 2. The average Bonchev–Trinajstić information content (AvgIpc) is 2.56. The van der Waals surface area contributed by atoms with E-state index in [1.54, 1.807) is 24.1 Å². The summed E-state index contributed by atoms with van der Waals surface area (Å²) in [5.74, 6) is 0.0128. The Morgan fingerprint density at radius 2 is 1.58 bits per heavy atom. The number of amides is 3. The largest absolute Gasteiger partial charge is 0.342 e. The van der Waals surface area contributed by atoms with Gasteiger partial charge in [0.25, 0.3) is 0 Å². The molecule has 126 valence electrons. The smallest absolute Gasteiger partial charge is 0.319 e.